The third-order valence-corrected chi connectivity index (χ3v) is 9.37. The highest BCUT2D eigenvalue weighted by atomic mass is 35.5. The summed E-state index contributed by atoms with van der Waals surface area (Å²) in [5, 5.41) is 6.69. The predicted octanol–water partition coefficient (Wildman–Crippen LogP) is 9.47. The number of aromatic nitrogens is 6. The van der Waals surface area contributed by atoms with Gasteiger partial charge in [-0.15, -0.1) is 0 Å². The molecule has 0 saturated heterocycles. The maximum absolute atomic E-state index is 13.4. The fourth-order valence-electron chi connectivity index (χ4n) is 6.21. The largest absolute Gasteiger partial charge is 0.347 e. The fraction of sp³-hybridized carbons (Fsp3) is 0.318. The van der Waals surface area contributed by atoms with Gasteiger partial charge in [0, 0.05) is 75.0 Å². The molecule has 2 amide bonds. The molecule has 288 valence electrons. The lowest BCUT2D eigenvalue weighted by Gasteiger charge is -2.21. The molecule has 0 aliphatic heterocycles. The van der Waals surface area contributed by atoms with Crippen LogP contribution in [0.15, 0.2) is 97.6 Å². The van der Waals surface area contributed by atoms with E-state index in [1.807, 2.05) is 99.5 Å². The van der Waals surface area contributed by atoms with Gasteiger partial charge >= 0.3 is 0 Å². The molecule has 2 saturated carbocycles. The van der Waals surface area contributed by atoms with Crippen LogP contribution in [0.2, 0.25) is 5.02 Å². The third kappa shape index (κ3) is 9.57. The fourth-order valence-corrected chi connectivity index (χ4v) is 6.33. The first-order valence-electron chi connectivity index (χ1n) is 18.9. The van der Waals surface area contributed by atoms with Crippen LogP contribution < -0.4 is 10.6 Å². The number of pyridine rings is 2. The Labute approximate surface area is 331 Å². The monoisotopic (exact) mass is 772 g/mol. The first-order valence-corrected chi connectivity index (χ1v) is 19.3. The molecule has 2 aliphatic rings. The van der Waals surface area contributed by atoms with E-state index >= 15 is 0 Å². The summed E-state index contributed by atoms with van der Waals surface area (Å²) >= 11 is 6.03. The van der Waals surface area contributed by atoms with Crippen LogP contribution >= 0.6 is 11.6 Å². The van der Waals surface area contributed by atoms with E-state index in [4.69, 9.17) is 21.6 Å². The standard InChI is InChI=1S/C22H23ClN4O.C22H23FN4O/c2*1-22(2,3)26-21(28)16-12-18(14-6-8-17(23)9-7-14)25-19(13-16)27-11-10-24-20(27)15-4-5-15/h2*6-13,15H,4-5H2,1-3H3,(H,26,28). The molecule has 12 heteroatoms. The molecule has 2 aromatic carbocycles. The maximum Gasteiger partial charge on any atom is 0.251 e. The van der Waals surface area contributed by atoms with Crippen LogP contribution in [0, 0.1) is 5.82 Å². The first-order chi connectivity index (χ1) is 26.6. The highest BCUT2D eigenvalue weighted by molar-refractivity contribution is 6.30. The highest BCUT2D eigenvalue weighted by Crippen LogP contribution is 2.41. The second-order valence-corrected chi connectivity index (χ2v) is 16.9. The lowest BCUT2D eigenvalue weighted by Crippen LogP contribution is -2.40. The van der Waals surface area contributed by atoms with Crippen molar-refractivity contribution in [2.45, 2.75) is 90.1 Å². The van der Waals surface area contributed by atoms with Crippen molar-refractivity contribution in [3.05, 3.63) is 131 Å². The summed E-state index contributed by atoms with van der Waals surface area (Å²) < 4.78 is 17.3. The van der Waals surface area contributed by atoms with Gasteiger partial charge in [-0.05, 0) is 128 Å². The van der Waals surface area contributed by atoms with Gasteiger partial charge in [0.05, 0.1) is 11.4 Å². The normalized spacial score (nSPS) is 14.1. The molecule has 4 heterocycles. The number of benzene rings is 2. The number of hydrogen-bond donors (Lipinski definition) is 2. The number of carbonyl (C=O) groups excluding carboxylic acids is 2. The van der Waals surface area contributed by atoms with Crippen LogP contribution in [-0.4, -0.2) is 52.0 Å². The average Bonchev–Trinajstić information content (AvgIpc) is 4.08. The molecule has 2 aliphatic carbocycles. The Kier molecular flexibility index (Phi) is 10.6. The molecule has 8 rings (SSSR count). The van der Waals surface area contributed by atoms with E-state index in [1.165, 1.54) is 12.1 Å². The van der Waals surface area contributed by atoms with Gasteiger partial charge in [-0.1, -0.05) is 23.7 Å². The van der Waals surface area contributed by atoms with Gasteiger partial charge in [0.15, 0.2) is 0 Å². The highest BCUT2D eigenvalue weighted by Gasteiger charge is 2.30. The van der Waals surface area contributed by atoms with Gasteiger partial charge in [-0.25, -0.2) is 24.3 Å². The lowest BCUT2D eigenvalue weighted by molar-refractivity contribution is 0.0910. The molecule has 0 radical (unpaired) electrons. The van der Waals surface area contributed by atoms with Crippen molar-refractivity contribution in [1.29, 1.82) is 0 Å². The Bertz CT molecular complexity index is 2200. The number of carbonyl (C=O) groups is 2. The van der Waals surface area contributed by atoms with Gasteiger partial charge in [-0.3, -0.25) is 18.7 Å². The second kappa shape index (κ2) is 15.5. The number of nitrogens with one attached hydrogen (secondary N) is 2. The Morgan fingerprint density at radius 3 is 1.41 bits per heavy atom. The van der Waals surface area contributed by atoms with Crippen LogP contribution in [0.1, 0.15) is 111 Å². The number of halogens is 2. The van der Waals surface area contributed by atoms with Crippen molar-refractivity contribution in [1.82, 2.24) is 39.7 Å². The van der Waals surface area contributed by atoms with Crippen molar-refractivity contribution in [3.8, 4) is 34.2 Å². The summed E-state index contributed by atoms with van der Waals surface area (Å²) in [4.78, 5) is 44.2. The molecular formula is C44H46ClFN8O2. The second-order valence-electron chi connectivity index (χ2n) is 16.5. The van der Waals surface area contributed by atoms with E-state index < -0.39 is 0 Å². The minimum absolute atomic E-state index is 0.126. The van der Waals surface area contributed by atoms with Crippen LogP contribution in [0.25, 0.3) is 34.2 Å². The quantitative estimate of drug-likeness (QED) is 0.159. The molecule has 0 bridgehead atoms. The predicted molar refractivity (Wildman–Crippen MR) is 217 cm³/mol. The summed E-state index contributed by atoms with van der Waals surface area (Å²) in [5.41, 5.74) is 3.40. The zero-order valence-electron chi connectivity index (χ0n) is 32.5. The molecule has 0 atom stereocenters. The number of amides is 2. The van der Waals surface area contributed by atoms with Gasteiger partial charge in [-0.2, -0.15) is 0 Å². The maximum atomic E-state index is 13.4. The summed E-state index contributed by atoms with van der Waals surface area (Å²) in [6.07, 6.45) is 11.9. The van der Waals surface area contributed by atoms with E-state index in [9.17, 15) is 14.0 Å². The van der Waals surface area contributed by atoms with Gasteiger partial charge in [0.1, 0.15) is 29.1 Å². The van der Waals surface area contributed by atoms with E-state index in [1.54, 1.807) is 36.7 Å². The van der Waals surface area contributed by atoms with Crippen molar-refractivity contribution in [2.75, 3.05) is 0 Å². The molecule has 0 spiro atoms. The smallest absolute Gasteiger partial charge is 0.251 e. The molecule has 2 fully saturated rings. The Morgan fingerprint density at radius 1 is 0.643 bits per heavy atom. The van der Waals surface area contributed by atoms with Crippen molar-refractivity contribution in [2.24, 2.45) is 0 Å². The van der Waals surface area contributed by atoms with Gasteiger partial charge in [0.25, 0.3) is 11.8 Å². The molecule has 0 unspecified atom stereocenters. The minimum atomic E-state index is -0.356. The van der Waals surface area contributed by atoms with Crippen molar-refractivity contribution in [3.63, 3.8) is 0 Å². The van der Waals surface area contributed by atoms with Crippen LogP contribution in [-0.2, 0) is 0 Å². The average molecular weight is 773 g/mol. The van der Waals surface area contributed by atoms with E-state index in [2.05, 4.69) is 20.6 Å². The zero-order valence-corrected chi connectivity index (χ0v) is 33.2. The Hall–Kier alpha value is -5.68. The molecule has 6 aromatic rings. The lowest BCUT2D eigenvalue weighted by atomic mass is 10.1. The zero-order chi connectivity index (χ0) is 39.8. The molecule has 56 heavy (non-hydrogen) atoms. The molecule has 4 aromatic heterocycles. The molecule has 2 N–H and O–H groups in total. The van der Waals surface area contributed by atoms with Crippen LogP contribution in [0.4, 0.5) is 4.39 Å². The third-order valence-electron chi connectivity index (χ3n) is 9.12. The van der Waals surface area contributed by atoms with Crippen molar-refractivity contribution >= 4 is 23.4 Å². The van der Waals surface area contributed by atoms with Crippen molar-refractivity contribution < 1.29 is 14.0 Å². The summed E-state index contributed by atoms with van der Waals surface area (Å²) in [6, 6.07) is 20.8. The van der Waals surface area contributed by atoms with E-state index in [0.29, 0.717) is 45.3 Å². The molecular weight excluding hydrogens is 727 g/mol. The van der Waals surface area contributed by atoms with E-state index in [-0.39, 0.29) is 28.7 Å². The molecule has 10 nitrogen and oxygen atoms in total. The van der Waals surface area contributed by atoms with Gasteiger partial charge in [0.2, 0.25) is 0 Å². The Morgan fingerprint density at radius 2 is 1.04 bits per heavy atom. The Balaban J connectivity index is 0.000000172. The SMILES string of the molecule is CC(C)(C)NC(=O)c1cc(-c2ccc(Cl)cc2)nc(-n2ccnc2C2CC2)c1.CC(C)(C)NC(=O)c1cc(-c2ccc(F)cc2)nc(-n2ccnc2C2CC2)c1. The summed E-state index contributed by atoms with van der Waals surface area (Å²) in [5.74, 6) is 3.62. The number of rotatable bonds is 8. The summed E-state index contributed by atoms with van der Waals surface area (Å²) in [7, 11) is 0. The van der Waals surface area contributed by atoms with E-state index in [0.717, 1.165) is 54.2 Å². The summed E-state index contributed by atoms with van der Waals surface area (Å²) in [6.45, 7) is 11.7. The number of nitrogens with zero attached hydrogens (tertiary/aromatic N) is 6. The number of hydrogen-bond acceptors (Lipinski definition) is 6. The first kappa shape index (κ1) is 38.6. The topological polar surface area (TPSA) is 120 Å². The number of imidazole rings is 2. The van der Waals surface area contributed by atoms with Crippen LogP contribution in [0.3, 0.4) is 0 Å². The van der Waals surface area contributed by atoms with Crippen LogP contribution in [0.5, 0.6) is 0 Å². The van der Waals surface area contributed by atoms with Gasteiger partial charge < -0.3 is 10.6 Å². The minimum Gasteiger partial charge on any atom is -0.347 e.